The Bertz CT molecular complexity index is 1020. The van der Waals surface area contributed by atoms with Crippen LogP contribution in [0.1, 0.15) is 10.4 Å². The van der Waals surface area contributed by atoms with Crippen molar-refractivity contribution >= 4 is 11.9 Å². The molecule has 0 radical (unpaired) electrons. The highest BCUT2D eigenvalue weighted by atomic mass is 16.5. The van der Waals surface area contributed by atoms with Gasteiger partial charge in [0, 0.05) is 16.7 Å². The zero-order valence-corrected chi connectivity index (χ0v) is 15.3. The maximum absolute atomic E-state index is 12.6. The molecule has 28 heavy (non-hydrogen) atoms. The van der Waals surface area contributed by atoms with Gasteiger partial charge < -0.3 is 9.15 Å². The predicted octanol–water partition coefficient (Wildman–Crippen LogP) is 5.27. The van der Waals surface area contributed by atoms with Crippen molar-refractivity contribution < 1.29 is 13.9 Å². The van der Waals surface area contributed by atoms with Gasteiger partial charge in [0.1, 0.15) is 11.4 Å². The van der Waals surface area contributed by atoms with Crippen LogP contribution in [0, 0.1) is 0 Å². The molecule has 0 saturated carbocycles. The lowest BCUT2D eigenvalue weighted by Gasteiger charge is -2.03. The number of ether oxygens (including phenoxy) is 1. The summed E-state index contributed by atoms with van der Waals surface area (Å²) in [6.45, 7) is 0. The summed E-state index contributed by atoms with van der Waals surface area (Å²) in [7, 11) is 1.58. The minimum Gasteiger partial charge on any atom is -0.497 e. The van der Waals surface area contributed by atoms with Gasteiger partial charge in [0.05, 0.1) is 7.11 Å². The highest BCUT2D eigenvalue weighted by Crippen LogP contribution is 2.34. The molecule has 0 aliphatic carbocycles. The van der Waals surface area contributed by atoms with E-state index >= 15 is 0 Å². The summed E-state index contributed by atoms with van der Waals surface area (Å²) in [5.74, 6) is 0.991. The van der Waals surface area contributed by atoms with Crippen molar-refractivity contribution in [1.82, 2.24) is 4.98 Å². The molecule has 1 aromatic heterocycles. The minimum atomic E-state index is -0.303. The molecule has 0 spiro atoms. The smallest absolute Gasteiger partial charge is 0.302 e. The Kier molecular flexibility index (Phi) is 4.89. The number of carbonyl (C=O) groups is 1. The van der Waals surface area contributed by atoms with Gasteiger partial charge in [-0.2, -0.15) is 4.98 Å². The van der Waals surface area contributed by atoms with E-state index in [2.05, 4.69) is 10.3 Å². The molecule has 0 bridgehead atoms. The number of nitrogens with one attached hydrogen (secondary N) is 1. The molecule has 4 aromatic rings. The SMILES string of the molecule is COc1ccc(C(=O)Nc2nc(-c3ccccc3)c(-c3ccccc3)o2)cc1. The number of rotatable bonds is 5. The van der Waals surface area contributed by atoms with E-state index in [1.165, 1.54) is 0 Å². The molecule has 0 atom stereocenters. The predicted molar refractivity (Wildman–Crippen MR) is 108 cm³/mol. The van der Waals surface area contributed by atoms with E-state index in [0.717, 1.165) is 11.1 Å². The summed E-state index contributed by atoms with van der Waals surface area (Å²) < 4.78 is 11.0. The molecule has 0 aliphatic rings. The Balaban J connectivity index is 1.68. The van der Waals surface area contributed by atoms with Crippen LogP contribution in [0.4, 0.5) is 6.01 Å². The van der Waals surface area contributed by atoms with E-state index in [0.29, 0.717) is 22.8 Å². The quantitative estimate of drug-likeness (QED) is 0.520. The molecular formula is C23H18N2O3. The van der Waals surface area contributed by atoms with E-state index in [4.69, 9.17) is 9.15 Å². The van der Waals surface area contributed by atoms with E-state index in [9.17, 15) is 4.79 Å². The molecule has 3 aromatic carbocycles. The standard InChI is InChI=1S/C23H18N2O3/c1-27-19-14-12-18(13-15-19)22(26)25-23-24-20(16-8-4-2-5-9-16)21(28-23)17-10-6-3-7-11-17/h2-15H,1H3,(H,24,25,26). The first-order valence-corrected chi connectivity index (χ1v) is 8.81. The highest BCUT2D eigenvalue weighted by Gasteiger charge is 2.18. The normalized spacial score (nSPS) is 10.5. The van der Waals surface area contributed by atoms with Crippen molar-refractivity contribution in [2.24, 2.45) is 0 Å². The van der Waals surface area contributed by atoms with Crippen LogP contribution in [-0.4, -0.2) is 18.0 Å². The lowest BCUT2D eigenvalue weighted by molar-refractivity contribution is 0.102. The number of benzene rings is 3. The molecule has 138 valence electrons. The molecule has 1 amide bonds. The van der Waals surface area contributed by atoms with Crippen molar-refractivity contribution in [3.8, 4) is 28.3 Å². The van der Waals surface area contributed by atoms with Crippen LogP contribution in [-0.2, 0) is 0 Å². The van der Waals surface area contributed by atoms with Crippen LogP contribution in [0.2, 0.25) is 0 Å². The summed E-state index contributed by atoms with van der Waals surface area (Å²) in [6, 6.07) is 26.4. The summed E-state index contributed by atoms with van der Waals surface area (Å²) >= 11 is 0. The molecule has 0 unspecified atom stereocenters. The third kappa shape index (κ3) is 3.64. The second kappa shape index (κ2) is 7.80. The van der Waals surface area contributed by atoms with E-state index in [1.54, 1.807) is 31.4 Å². The first-order valence-electron chi connectivity index (χ1n) is 8.81. The molecule has 0 aliphatic heterocycles. The highest BCUT2D eigenvalue weighted by molar-refractivity contribution is 6.03. The molecular weight excluding hydrogens is 352 g/mol. The fraction of sp³-hybridized carbons (Fsp3) is 0.0435. The fourth-order valence-corrected chi connectivity index (χ4v) is 2.86. The number of amides is 1. The monoisotopic (exact) mass is 370 g/mol. The summed E-state index contributed by atoms with van der Waals surface area (Å²) in [6.07, 6.45) is 0. The van der Waals surface area contributed by atoms with Crippen molar-refractivity contribution in [3.63, 3.8) is 0 Å². The molecule has 1 heterocycles. The van der Waals surface area contributed by atoms with Crippen LogP contribution in [0.5, 0.6) is 5.75 Å². The number of hydrogen-bond acceptors (Lipinski definition) is 4. The van der Waals surface area contributed by atoms with Crippen LogP contribution >= 0.6 is 0 Å². The largest absolute Gasteiger partial charge is 0.497 e. The molecule has 4 rings (SSSR count). The number of oxazole rings is 1. The van der Waals surface area contributed by atoms with Gasteiger partial charge in [0.2, 0.25) is 0 Å². The lowest BCUT2D eigenvalue weighted by Crippen LogP contribution is -2.11. The fourth-order valence-electron chi connectivity index (χ4n) is 2.86. The average Bonchev–Trinajstić information content (AvgIpc) is 3.19. The summed E-state index contributed by atoms with van der Waals surface area (Å²) in [5.41, 5.74) is 2.97. The Morgan fingerprint density at radius 3 is 2.07 bits per heavy atom. The maximum atomic E-state index is 12.6. The first-order chi connectivity index (χ1) is 13.7. The van der Waals surface area contributed by atoms with Gasteiger partial charge in [-0.15, -0.1) is 0 Å². The molecule has 0 fully saturated rings. The average molecular weight is 370 g/mol. The van der Waals surface area contributed by atoms with Crippen LogP contribution in [0.15, 0.2) is 89.3 Å². The Labute approximate surface area is 162 Å². The zero-order valence-electron chi connectivity index (χ0n) is 15.3. The molecule has 1 N–H and O–H groups in total. The topological polar surface area (TPSA) is 64.4 Å². The number of carbonyl (C=O) groups excluding carboxylic acids is 1. The zero-order chi connectivity index (χ0) is 19.3. The van der Waals surface area contributed by atoms with Crippen molar-refractivity contribution in [2.75, 3.05) is 12.4 Å². The summed E-state index contributed by atoms with van der Waals surface area (Å²) in [5, 5.41) is 2.74. The van der Waals surface area contributed by atoms with Gasteiger partial charge in [-0.05, 0) is 24.3 Å². The van der Waals surface area contributed by atoms with E-state index < -0.39 is 0 Å². The van der Waals surface area contributed by atoms with E-state index in [1.807, 2.05) is 60.7 Å². The third-order valence-electron chi connectivity index (χ3n) is 4.28. The minimum absolute atomic E-state index is 0.151. The number of nitrogens with zero attached hydrogens (tertiary/aromatic N) is 1. The van der Waals surface area contributed by atoms with Gasteiger partial charge in [-0.1, -0.05) is 60.7 Å². The van der Waals surface area contributed by atoms with Gasteiger partial charge in [0.25, 0.3) is 5.91 Å². The Hall–Kier alpha value is -3.86. The number of hydrogen-bond donors (Lipinski definition) is 1. The van der Waals surface area contributed by atoms with Crippen molar-refractivity contribution in [3.05, 3.63) is 90.5 Å². The molecule has 5 nitrogen and oxygen atoms in total. The number of methoxy groups -OCH3 is 1. The van der Waals surface area contributed by atoms with Crippen molar-refractivity contribution in [1.29, 1.82) is 0 Å². The van der Waals surface area contributed by atoms with Crippen LogP contribution < -0.4 is 10.1 Å². The second-order valence-corrected chi connectivity index (χ2v) is 6.11. The first kappa shape index (κ1) is 17.5. The number of anilines is 1. The Morgan fingerprint density at radius 2 is 1.46 bits per heavy atom. The molecule has 5 heteroatoms. The van der Waals surface area contributed by atoms with Crippen molar-refractivity contribution in [2.45, 2.75) is 0 Å². The van der Waals surface area contributed by atoms with Crippen LogP contribution in [0.25, 0.3) is 22.6 Å². The van der Waals surface area contributed by atoms with Gasteiger partial charge in [0.15, 0.2) is 5.76 Å². The van der Waals surface area contributed by atoms with Gasteiger partial charge in [-0.3, -0.25) is 10.1 Å². The molecule has 0 saturated heterocycles. The second-order valence-electron chi connectivity index (χ2n) is 6.11. The van der Waals surface area contributed by atoms with E-state index in [-0.39, 0.29) is 11.9 Å². The third-order valence-corrected chi connectivity index (χ3v) is 4.28. The maximum Gasteiger partial charge on any atom is 0.302 e. The lowest BCUT2D eigenvalue weighted by atomic mass is 10.1. The summed E-state index contributed by atoms with van der Waals surface area (Å²) in [4.78, 5) is 17.1. The number of aromatic nitrogens is 1. The van der Waals surface area contributed by atoms with Gasteiger partial charge >= 0.3 is 6.01 Å². The van der Waals surface area contributed by atoms with Gasteiger partial charge in [-0.25, -0.2) is 0 Å². The van der Waals surface area contributed by atoms with Crippen LogP contribution in [0.3, 0.4) is 0 Å². The Morgan fingerprint density at radius 1 is 0.857 bits per heavy atom.